The van der Waals surface area contributed by atoms with E-state index in [2.05, 4.69) is 15.9 Å². The number of halogens is 2. The summed E-state index contributed by atoms with van der Waals surface area (Å²) in [6.45, 7) is 0.496. The third-order valence-corrected chi connectivity index (χ3v) is 3.47. The van der Waals surface area contributed by atoms with Crippen LogP contribution in [0.5, 0.6) is 11.5 Å². The fourth-order valence-corrected chi connectivity index (χ4v) is 2.32. The second-order valence-electron chi connectivity index (χ2n) is 4.04. The van der Waals surface area contributed by atoms with Crippen LogP contribution >= 0.6 is 27.5 Å². The van der Waals surface area contributed by atoms with Crippen LogP contribution in [0.1, 0.15) is 11.1 Å². The molecule has 0 heterocycles. The average molecular weight is 342 g/mol. The number of ether oxygens (including phenoxy) is 2. The molecule has 2 aromatic carbocycles. The summed E-state index contributed by atoms with van der Waals surface area (Å²) in [5.74, 6) is 1.88. The van der Waals surface area contributed by atoms with Crippen LogP contribution in [-0.2, 0) is 12.5 Å². The Balaban J connectivity index is 2.11. The second-order valence-corrected chi connectivity index (χ2v) is 5.22. The van der Waals surface area contributed by atoms with Gasteiger partial charge in [0, 0.05) is 10.4 Å². The molecule has 2 rings (SSSR count). The van der Waals surface area contributed by atoms with Crippen LogP contribution in [0.4, 0.5) is 0 Å². The lowest BCUT2D eigenvalue weighted by molar-refractivity contribution is 0.284. The molecule has 4 heteroatoms. The van der Waals surface area contributed by atoms with Crippen molar-refractivity contribution in [2.45, 2.75) is 12.5 Å². The predicted molar refractivity (Wildman–Crippen MR) is 81.0 cm³/mol. The van der Waals surface area contributed by atoms with Crippen molar-refractivity contribution in [1.82, 2.24) is 0 Å². The van der Waals surface area contributed by atoms with Crippen LogP contribution in [0.3, 0.4) is 0 Å². The molecule has 2 nitrogen and oxygen atoms in total. The first-order valence-electron chi connectivity index (χ1n) is 5.83. The Morgan fingerprint density at radius 2 is 1.89 bits per heavy atom. The number of hydrogen-bond donors (Lipinski definition) is 0. The van der Waals surface area contributed by atoms with Gasteiger partial charge in [-0.1, -0.05) is 34.1 Å². The van der Waals surface area contributed by atoms with E-state index in [0.717, 1.165) is 21.3 Å². The SMILES string of the molecule is COc1cc(CCl)ccc1OCc1cccc(Br)c1. The molecule has 0 aliphatic rings. The van der Waals surface area contributed by atoms with Crippen LogP contribution in [0.25, 0.3) is 0 Å². The Bertz CT molecular complexity index is 558. The van der Waals surface area contributed by atoms with Gasteiger partial charge >= 0.3 is 0 Å². The average Bonchev–Trinajstić information content (AvgIpc) is 2.45. The van der Waals surface area contributed by atoms with Gasteiger partial charge in [0.1, 0.15) is 6.61 Å². The lowest BCUT2D eigenvalue weighted by atomic mass is 10.2. The highest BCUT2D eigenvalue weighted by Crippen LogP contribution is 2.29. The van der Waals surface area contributed by atoms with Gasteiger partial charge < -0.3 is 9.47 Å². The molecule has 0 aliphatic heterocycles. The van der Waals surface area contributed by atoms with Crippen molar-refractivity contribution >= 4 is 27.5 Å². The first-order chi connectivity index (χ1) is 9.22. The highest BCUT2D eigenvalue weighted by Gasteiger charge is 2.06. The van der Waals surface area contributed by atoms with E-state index < -0.39 is 0 Å². The van der Waals surface area contributed by atoms with Gasteiger partial charge in [-0.2, -0.15) is 0 Å². The second kappa shape index (κ2) is 6.83. The first kappa shape index (κ1) is 14.2. The van der Waals surface area contributed by atoms with Crippen molar-refractivity contribution < 1.29 is 9.47 Å². The third-order valence-electron chi connectivity index (χ3n) is 2.67. The summed E-state index contributed by atoms with van der Waals surface area (Å²) in [7, 11) is 1.62. The van der Waals surface area contributed by atoms with Crippen molar-refractivity contribution in [3.8, 4) is 11.5 Å². The van der Waals surface area contributed by atoms with E-state index in [0.29, 0.717) is 18.2 Å². The normalized spacial score (nSPS) is 10.3. The van der Waals surface area contributed by atoms with Crippen molar-refractivity contribution in [3.63, 3.8) is 0 Å². The van der Waals surface area contributed by atoms with Crippen molar-refractivity contribution in [3.05, 3.63) is 58.1 Å². The number of benzene rings is 2. The summed E-state index contributed by atoms with van der Waals surface area (Å²) >= 11 is 9.24. The molecule has 0 amide bonds. The van der Waals surface area contributed by atoms with Gasteiger partial charge in [-0.15, -0.1) is 11.6 Å². The lowest BCUT2D eigenvalue weighted by Gasteiger charge is -2.11. The summed E-state index contributed by atoms with van der Waals surface area (Å²) in [4.78, 5) is 0. The van der Waals surface area contributed by atoms with E-state index in [1.807, 2.05) is 42.5 Å². The number of hydrogen-bond acceptors (Lipinski definition) is 2. The molecule has 100 valence electrons. The van der Waals surface area contributed by atoms with E-state index in [1.165, 1.54) is 0 Å². The molecule has 0 radical (unpaired) electrons. The molecular weight excluding hydrogens is 328 g/mol. The molecule has 0 spiro atoms. The summed E-state index contributed by atoms with van der Waals surface area (Å²) in [6, 6.07) is 13.7. The highest BCUT2D eigenvalue weighted by molar-refractivity contribution is 9.10. The van der Waals surface area contributed by atoms with Crippen LogP contribution < -0.4 is 9.47 Å². The zero-order chi connectivity index (χ0) is 13.7. The Morgan fingerprint density at radius 1 is 1.05 bits per heavy atom. The van der Waals surface area contributed by atoms with Crippen LogP contribution in [0, 0.1) is 0 Å². The summed E-state index contributed by atoms with van der Waals surface area (Å²) in [6.07, 6.45) is 0. The predicted octanol–water partition coefficient (Wildman–Crippen LogP) is 4.78. The van der Waals surface area contributed by atoms with Crippen LogP contribution in [-0.4, -0.2) is 7.11 Å². The summed E-state index contributed by atoms with van der Waals surface area (Å²) < 4.78 is 12.1. The van der Waals surface area contributed by atoms with Crippen molar-refractivity contribution in [2.24, 2.45) is 0 Å². The van der Waals surface area contributed by atoms with Gasteiger partial charge in [-0.3, -0.25) is 0 Å². The van der Waals surface area contributed by atoms with Gasteiger partial charge in [0.25, 0.3) is 0 Å². The molecule has 0 aliphatic carbocycles. The topological polar surface area (TPSA) is 18.5 Å². The monoisotopic (exact) mass is 340 g/mol. The maximum absolute atomic E-state index is 5.80. The highest BCUT2D eigenvalue weighted by atomic mass is 79.9. The van der Waals surface area contributed by atoms with Crippen molar-refractivity contribution in [1.29, 1.82) is 0 Å². The maximum Gasteiger partial charge on any atom is 0.161 e. The molecule has 0 unspecified atom stereocenters. The molecule has 0 N–H and O–H groups in total. The number of alkyl halides is 1. The summed E-state index contributed by atoms with van der Waals surface area (Å²) in [5, 5.41) is 0. The molecule has 19 heavy (non-hydrogen) atoms. The van der Waals surface area contributed by atoms with Gasteiger partial charge in [0.2, 0.25) is 0 Å². The van der Waals surface area contributed by atoms with Gasteiger partial charge in [0.05, 0.1) is 7.11 Å². The minimum absolute atomic E-state index is 0.461. The van der Waals surface area contributed by atoms with E-state index in [4.69, 9.17) is 21.1 Å². The Morgan fingerprint density at radius 3 is 2.58 bits per heavy atom. The maximum atomic E-state index is 5.80. The van der Waals surface area contributed by atoms with Crippen molar-refractivity contribution in [2.75, 3.05) is 7.11 Å². The molecule has 0 atom stereocenters. The van der Waals surface area contributed by atoms with Gasteiger partial charge in [0.15, 0.2) is 11.5 Å². The lowest BCUT2D eigenvalue weighted by Crippen LogP contribution is -1.98. The van der Waals surface area contributed by atoms with E-state index >= 15 is 0 Å². The number of methoxy groups -OCH3 is 1. The Labute approximate surface area is 126 Å². The molecule has 0 fully saturated rings. The zero-order valence-corrected chi connectivity index (χ0v) is 12.9. The molecule has 0 saturated heterocycles. The fraction of sp³-hybridized carbons (Fsp3) is 0.200. The standard InChI is InChI=1S/C15H14BrClO2/c1-18-15-8-11(9-17)5-6-14(15)19-10-12-3-2-4-13(16)7-12/h2-8H,9-10H2,1H3. The van der Waals surface area contributed by atoms with Crippen LogP contribution in [0.15, 0.2) is 46.9 Å². The largest absolute Gasteiger partial charge is 0.493 e. The van der Waals surface area contributed by atoms with Gasteiger partial charge in [-0.05, 0) is 35.4 Å². The van der Waals surface area contributed by atoms with Gasteiger partial charge in [-0.25, -0.2) is 0 Å². The Kier molecular flexibility index (Phi) is 5.11. The molecule has 0 saturated carbocycles. The molecule has 2 aromatic rings. The van der Waals surface area contributed by atoms with Crippen LogP contribution in [0.2, 0.25) is 0 Å². The molecule has 0 aromatic heterocycles. The van der Waals surface area contributed by atoms with E-state index in [-0.39, 0.29) is 0 Å². The minimum Gasteiger partial charge on any atom is -0.493 e. The van der Waals surface area contributed by atoms with E-state index in [1.54, 1.807) is 7.11 Å². The fourth-order valence-electron chi connectivity index (χ4n) is 1.70. The molecule has 0 bridgehead atoms. The Hall–Kier alpha value is -1.19. The zero-order valence-electron chi connectivity index (χ0n) is 10.5. The third kappa shape index (κ3) is 3.88. The van der Waals surface area contributed by atoms with E-state index in [9.17, 15) is 0 Å². The quantitative estimate of drug-likeness (QED) is 0.729. The smallest absolute Gasteiger partial charge is 0.161 e. The summed E-state index contributed by atoms with van der Waals surface area (Å²) in [5.41, 5.74) is 2.10. The minimum atomic E-state index is 0.461. The first-order valence-corrected chi connectivity index (χ1v) is 7.16. The number of rotatable bonds is 5. The molecular formula is C15H14BrClO2.